The molecule has 2 N–H and O–H groups in total. The Bertz CT molecular complexity index is 310. The molecule has 7 nitrogen and oxygen atoms in total. The molecule has 7 heteroatoms. The quantitative estimate of drug-likeness (QED) is 0.598. The number of morpholine rings is 1. The Morgan fingerprint density at radius 3 is 2.95 bits per heavy atom. The minimum atomic E-state index is -0.960. The monoisotopic (exact) mass is 274 g/mol. The second kappa shape index (κ2) is 8.08. The average Bonchev–Trinajstić information content (AvgIpc) is 2.42. The number of ether oxygens (including phenoxy) is 2. The number of hydrogen-bond acceptors (Lipinski definition) is 5. The van der Waals surface area contributed by atoms with Crippen molar-refractivity contribution in [3.8, 4) is 0 Å². The molecule has 1 rings (SSSR count). The molecule has 0 aromatic carbocycles. The van der Waals surface area contributed by atoms with Crippen LogP contribution < -0.4 is 5.32 Å². The van der Waals surface area contributed by atoms with Gasteiger partial charge in [-0.25, -0.2) is 0 Å². The van der Waals surface area contributed by atoms with E-state index in [1.54, 1.807) is 18.9 Å². The highest BCUT2D eigenvalue weighted by Gasteiger charge is 2.34. The molecule has 0 aromatic rings. The summed E-state index contributed by atoms with van der Waals surface area (Å²) < 4.78 is 10.0. The molecule has 1 saturated heterocycles. The van der Waals surface area contributed by atoms with Crippen molar-refractivity contribution in [3.05, 3.63) is 0 Å². The smallest absolute Gasteiger partial charge is 0.323 e. The number of methoxy groups -OCH3 is 1. The van der Waals surface area contributed by atoms with E-state index in [0.717, 1.165) is 6.42 Å². The summed E-state index contributed by atoms with van der Waals surface area (Å²) in [4.78, 5) is 24.7. The zero-order chi connectivity index (χ0) is 14.3. The minimum Gasteiger partial charge on any atom is -0.480 e. The molecule has 0 aliphatic carbocycles. The predicted molar refractivity (Wildman–Crippen MR) is 67.9 cm³/mol. The van der Waals surface area contributed by atoms with Crippen LogP contribution in [0.4, 0.5) is 0 Å². The normalized spacial score (nSPS) is 21.9. The average molecular weight is 274 g/mol. The number of nitrogens with one attached hydrogen (secondary N) is 1. The number of amides is 1. The van der Waals surface area contributed by atoms with Gasteiger partial charge < -0.3 is 19.9 Å². The van der Waals surface area contributed by atoms with Gasteiger partial charge in [0.1, 0.15) is 6.04 Å². The van der Waals surface area contributed by atoms with Crippen molar-refractivity contribution >= 4 is 11.9 Å². The maximum absolute atomic E-state index is 11.9. The fraction of sp³-hybridized carbons (Fsp3) is 0.833. The fourth-order valence-electron chi connectivity index (χ4n) is 2.02. The van der Waals surface area contributed by atoms with Gasteiger partial charge in [-0.15, -0.1) is 0 Å². The number of aliphatic carboxylic acids is 1. The van der Waals surface area contributed by atoms with E-state index in [1.807, 2.05) is 0 Å². The maximum Gasteiger partial charge on any atom is 0.323 e. The highest BCUT2D eigenvalue weighted by atomic mass is 16.5. The van der Waals surface area contributed by atoms with Crippen molar-refractivity contribution in [2.45, 2.75) is 25.4 Å². The Kier molecular flexibility index (Phi) is 6.75. The maximum atomic E-state index is 11.9. The van der Waals surface area contributed by atoms with Gasteiger partial charge in [-0.1, -0.05) is 0 Å². The van der Waals surface area contributed by atoms with Crippen LogP contribution in [0.5, 0.6) is 0 Å². The standard InChI is InChI=1S/C12H22N2O5/c1-9(11(15)13-4-3-6-18-2)14-5-7-19-8-10(14)12(16)17/h9-10H,3-8H2,1-2H3,(H,13,15)(H,16,17). The van der Waals surface area contributed by atoms with E-state index in [4.69, 9.17) is 14.6 Å². The first-order chi connectivity index (χ1) is 9.07. The SMILES string of the molecule is COCCCNC(=O)C(C)N1CCOCC1C(=O)O. The van der Waals surface area contributed by atoms with Crippen LogP contribution in [-0.4, -0.2) is 74.0 Å². The third-order valence-corrected chi connectivity index (χ3v) is 3.16. The third kappa shape index (κ3) is 4.77. The number of rotatable bonds is 7. The first kappa shape index (κ1) is 15.9. The van der Waals surface area contributed by atoms with Gasteiger partial charge in [0.05, 0.1) is 19.3 Å². The summed E-state index contributed by atoms with van der Waals surface area (Å²) in [5, 5.41) is 11.9. The summed E-state index contributed by atoms with van der Waals surface area (Å²) >= 11 is 0. The Morgan fingerprint density at radius 2 is 2.32 bits per heavy atom. The van der Waals surface area contributed by atoms with E-state index in [0.29, 0.717) is 26.3 Å². The van der Waals surface area contributed by atoms with Crippen LogP contribution in [0.2, 0.25) is 0 Å². The summed E-state index contributed by atoms with van der Waals surface area (Å²) in [5.41, 5.74) is 0. The molecule has 2 unspecified atom stereocenters. The van der Waals surface area contributed by atoms with Crippen molar-refractivity contribution < 1.29 is 24.2 Å². The second-order valence-corrected chi connectivity index (χ2v) is 4.48. The van der Waals surface area contributed by atoms with Gasteiger partial charge in [-0.05, 0) is 13.3 Å². The zero-order valence-corrected chi connectivity index (χ0v) is 11.4. The van der Waals surface area contributed by atoms with Crippen LogP contribution in [0.15, 0.2) is 0 Å². The molecule has 1 heterocycles. The summed E-state index contributed by atoms with van der Waals surface area (Å²) in [7, 11) is 1.61. The zero-order valence-electron chi connectivity index (χ0n) is 11.4. The Labute approximate surface area is 112 Å². The van der Waals surface area contributed by atoms with Crippen LogP contribution in [0.1, 0.15) is 13.3 Å². The lowest BCUT2D eigenvalue weighted by Crippen LogP contribution is -2.57. The van der Waals surface area contributed by atoms with Crippen molar-refractivity contribution in [2.24, 2.45) is 0 Å². The second-order valence-electron chi connectivity index (χ2n) is 4.48. The minimum absolute atomic E-state index is 0.122. The molecule has 1 aliphatic heterocycles. The molecule has 0 saturated carbocycles. The number of carbonyl (C=O) groups excluding carboxylic acids is 1. The van der Waals surface area contributed by atoms with Gasteiger partial charge in [-0.3, -0.25) is 14.5 Å². The molecule has 1 amide bonds. The van der Waals surface area contributed by atoms with Gasteiger partial charge in [-0.2, -0.15) is 0 Å². The number of carbonyl (C=O) groups is 2. The van der Waals surface area contributed by atoms with E-state index in [9.17, 15) is 9.59 Å². The highest BCUT2D eigenvalue weighted by molar-refractivity contribution is 5.82. The van der Waals surface area contributed by atoms with Crippen molar-refractivity contribution in [1.82, 2.24) is 10.2 Å². The predicted octanol–water partition coefficient (Wildman–Crippen LogP) is -0.687. The molecule has 0 aromatic heterocycles. The number of hydrogen-bond donors (Lipinski definition) is 2. The molecule has 1 aliphatic rings. The van der Waals surface area contributed by atoms with E-state index in [2.05, 4.69) is 5.32 Å². The number of nitrogens with zero attached hydrogens (tertiary/aromatic N) is 1. The van der Waals surface area contributed by atoms with Crippen LogP contribution in [-0.2, 0) is 19.1 Å². The van der Waals surface area contributed by atoms with Crippen molar-refractivity contribution in [1.29, 1.82) is 0 Å². The van der Waals surface area contributed by atoms with Gasteiger partial charge in [0, 0.05) is 26.8 Å². The Balaban J connectivity index is 2.46. The van der Waals surface area contributed by atoms with E-state index in [1.165, 1.54) is 0 Å². The lowest BCUT2D eigenvalue weighted by Gasteiger charge is -2.36. The summed E-state index contributed by atoms with van der Waals surface area (Å²) in [6.45, 7) is 3.85. The fourth-order valence-corrected chi connectivity index (χ4v) is 2.02. The molecule has 1 fully saturated rings. The molecular weight excluding hydrogens is 252 g/mol. The molecule has 19 heavy (non-hydrogen) atoms. The first-order valence-corrected chi connectivity index (χ1v) is 6.41. The van der Waals surface area contributed by atoms with Crippen LogP contribution in [0.3, 0.4) is 0 Å². The number of carboxylic acids is 1. The largest absolute Gasteiger partial charge is 0.480 e. The molecule has 0 bridgehead atoms. The van der Waals surface area contributed by atoms with Crippen molar-refractivity contribution in [2.75, 3.05) is 40.0 Å². The van der Waals surface area contributed by atoms with Crippen LogP contribution in [0, 0.1) is 0 Å². The summed E-state index contributed by atoms with van der Waals surface area (Å²) in [6, 6.07) is -1.24. The Hall–Kier alpha value is -1.18. The van der Waals surface area contributed by atoms with Crippen molar-refractivity contribution in [3.63, 3.8) is 0 Å². The molecule has 2 atom stereocenters. The first-order valence-electron chi connectivity index (χ1n) is 6.41. The topological polar surface area (TPSA) is 88.1 Å². The third-order valence-electron chi connectivity index (χ3n) is 3.16. The van der Waals surface area contributed by atoms with Gasteiger partial charge >= 0.3 is 5.97 Å². The highest BCUT2D eigenvalue weighted by Crippen LogP contribution is 2.11. The summed E-state index contributed by atoms with van der Waals surface area (Å²) in [5.74, 6) is -1.12. The van der Waals surface area contributed by atoms with Gasteiger partial charge in [0.25, 0.3) is 0 Å². The van der Waals surface area contributed by atoms with E-state index in [-0.39, 0.29) is 12.5 Å². The van der Waals surface area contributed by atoms with E-state index >= 15 is 0 Å². The van der Waals surface area contributed by atoms with Gasteiger partial charge in [0.15, 0.2) is 0 Å². The molecule has 110 valence electrons. The number of carboxylic acid groups (broad SMARTS) is 1. The van der Waals surface area contributed by atoms with Crippen LogP contribution in [0.25, 0.3) is 0 Å². The summed E-state index contributed by atoms with van der Waals surface area (Å²) in [6.07, 6.45) is 0.737. The van der Waals surface area contributed by atoms with Gasteiger partial charge in [0.2, 0.25) is 5.91 Å². The molecule has 0 spiro atoms. The lowest BCUT2D eigenvalue weighted by molar-refractivity contribution is -0.153. The molecular formula is C12H22N2O5. The lowest BCUT2D eigenvalue weighted by atomic mass is 10.1. The Morgan fingerprint density at radius 1 is 1.58 bits per heavy atom. The van der Waals surface area contributed by atoms with Crippen LogP contribution >= 0.6 is 0 Å². The van der Waals surface area contributed by atoms with E-state index < -0.39 is 18.1 Å². The molecule has 0 radical (unpaired) electrons.